The van der Waals surface area contributed by atoms with Crippen molar-refractivity contribution < 1.29 is 14.3 Å². The maximum atomic E-state index is 13.3. The van der Waals surface area contributed by atoms with Crippen molar-refractivity contribution in [2.45, 2.75) is 51.2 Å². The van der Waals surface area contributed by atoms with Crippen LogP contribution in [0.5, 0.6) is 0 Å². The van der Waals surface area contributed by atoms with Crippen molar-refractivity contribution in [1.29, 1.82) is 0 Å². The summed E-state index contributed by atoms with van der Waals surface area (Å²) in [6, 6.07) is 13.7. The number of likely N-dealkylation sites (tertiary alicyclic amines) is 1. The summed E-state index contributed by atoms with van der Waals surface area (Å²) in [4.78, 5) is 15.3. The molecule has 1 aromatic heterocycles. The number of nitrogens with zero attached hydrogens (tertiary/aromatic N) is 2. The van der Waals surface area contributed by atoms with Gasteiger partial charge in [-0.1, -0.05) is 37.3 Å². The third-order valence-corrected chi connectivity index (χ3v) is 7.33. The van der Waals surface area contributed by atoms with Gasteiger partial charge in [0.1, 0.15) is 6.61 Å². The molecule has 0 N–H and O–H groups in total. The first-order valence-corrected chi connectivity index (χ1v) is 10.8. The average Bonchev–Trinajstić information content (AvgIpc) is 2.73. The lowest BCUT2D eigenvalue weighted by atomic mass is 9.53. The van der Waals surface area contributed by atoms with Gasteiger partial charge in [-0.3, -0.25) is 4.90 Å². The lowest BCUT2D eigenvalue weighted by Crippen LogP contribution is -2.65. The van der Waals surface area contributed by atoms with E-state index < -0.39 is 5.54 Å². The maximum Gasteiger partial charge on any atom is 0.410 e. The zero-order valence-corrected chi connectivity index (χ0v) is 16.9. The molecule has 5 nitrogen and oxygen atoms in total. The second kappa shape index (κ2) is 7.05. The van der Waals surface area contributed by atoms with Gasteiger partial charge in [0.15, 0.2) is 11.9 Å². The number of pyridine rings is 1. The fraction of sp³-hybridized carbons (Fsp3) is 0.500. The van der Waals surface area contributed by atoms with Crippen molar-refractivity contribution in [1.82, 2.24) is 4.90 Å². The van der Waals surface area contributed by atoms with Gasteiger partial charge in [-0.15, -0.1) is 0 Å². The number of amides is 1. The summed E-state index contributed by atoms with van der Waals surface area (Å²) >= 11 is 0. The van der Waals surface area contributed by atoms with Crippen LogP contribution in [0.15, 0.2) is 48.7 Å². The predicted octanol–water partition coefficient (Wildman–Crippen LogP) is 4.17. The van der Waals surface area contributed by atoms with Crippen LogP contribution in [0, 0.1) is 23.0 Å². The summed E-state index contributed by atoms with van der Waals surface area (Å²) in [5.41, 5.74) is 2.49. The lowest BCUT2D eigenvalue weighted by molar-refractivity contribution is -0.616. The highest BCUT2D eigenvalue weighted by molar-refractivity contribution is 5.70. The zero-order chi connectivity index (χ0) is 20.0. The second-order valence-electron chi connectivity index (χ2n) is 9.07. The Hall–Kier alpha value is -2.56. The number of benzene rings is 1. The summed E-state index contributed by atoms with van der Waals surface area (Å²) in [5.74, 6) is 1.39. The molecule has 2 fully saturated rings. The number of fused-ring (bicyclic) bond motifs is 1. The molecule has 2 bridgehead atoms. The maximum absolute atomic E-state index is 13.3. The van der Waals surface area contributed by atoms with Gasteiger partial charge in [-0.25, -0.2) is 4.79 Å². The molecule has 1 saturated carbocycles. The summed E-state index contributed by atoms with van der Waals surface area (Å²) in [5, 5.41) is 12.6. The molecule has 1 aliphatic heterocycles. The highest BCUT2D eigenvalue weighted by atomic mass is 16.6. The SMILES string of the molecule is C[C@@H]1CC2Cc3c(ccc[n+]3[O-])C3(C1)[C@@H]2CCCN3C(=O)OCc1ccccc1. The fourth-order valence-corrected chi connectivity index (χ4v) is 6.39. The molecule has 2 aliphatic carbocycles. The number of ether oxygens (including phenoxy) is 1. The molecule has 5 heteroatoms. The number of aromatic nitrogens is 1. The lowest BCUT2D eigenvalue weighted by Gasteiger charge is -2.60. The van der Waals surface area contributed by atoms with Crippen molar-refractivity contribution in [3.05, 3.63) is 70.7 Å². The smallest absolute Gasteiger partial charge is 0.410 e. The van der Waals surface area contributed by atoms with E-state index in [1.165, 1.54) is 0 Å². The number of carbonyl (C=O) groups is 1. The Kier molecular flexibility index (Phi) is 4.49. The second-order valence-corrected chi connectivity index (χ2v) is 9.07. The van der Waals surface area contributed by atoms with Gasteiger partial charge in [0.25, 0.3) is 0 Å². The first-order valence-electron chi connectivity index (χ1n) is 10.8. The molecular weight excluding hydrogens is 364 g/mol. The largest absolute Gasteiger partial charge is 0.618 e. The van der Waals surface area contributed by atoms with E-state index in [-0.39, 0.29) is 12.7 Å². The Morgan fingerprint density at radius 3 is 2.93 bits per heavy atom. The Bertz CT molecular complexity index is 916. The molecule has 3 aliphatic rings. The predicted molar refractivity (Wildman–Crippen MR) is 109 cm³/mol. The molecule has 2 heterocycles. The van der Waals surface area contributed by atoms with Crippen LogP contribution in [0.25, 0.3) is 0 Å². The minimum atomic E-state index is -0.407. The average molecular weight is 392 g/mol. The number of rotatable bonds is 2. The van der Waals surface area contributed by atoms with E-state index in [9.17, 15) is 10.0 Å². The summed E-state index contributed by atoms with van der Waals surface area (Å²) in [6.07, 6.45) is 6.32. The Morgan fingerprint density at radius 1 is 1.28 bits per heavy atom. The molecule has 152 valence electrons. The Morgan fingerprint density at radius 2 is 2.10 bits per heavy atom. The van der Waals surface area contributed by atoms with E-state index in [0.29, 0.717) is 24.3 Å². The number of hydrogen-bond acceptors (Lipinski definition) is 3. The molecule has 4 atom stereocenters. The van der Waals surface area contributed by atoms with E-state index >= 15 is 0 Å². The van der Waals surface area contributed by atoms with E-state index in [4.69, 9.17) is 4.74 Å². The highest BCUT2D eigenvalue weighted by Crippen LogP contribution is 2.58. The molecule has 29 heavy (non-hydrogen) atoms. The van der Waals surface area contributed by atoms with Crippen molar-refractivity contribution in [2.75, 3.05) is 6.54 Å². The van der Waals surface area contributed by atoms with Gasteiger partial charge in [-0.05, 0) is 55.1 Å². The molecular formula is C24H28N2O3. The normalized spacial score (nSPS) is 30.2. The molecule has 5 rings (SSSR count). The van der Waals surface area contributed by atoms with Crippen molar-refractivity contribution in [2.24, 2.45) is 17.8 Å². The topological polar surface area (TPSA) is 56.5 Å². The van der Waals surface area contributed by atoms with E-state index in [1.54, 1.807) is 6.20 Å². The summed E-state index contributed by atoms with van der Waals surface area (Å²) in [6.45, 7) is 3.25. The van der Waals surface area contributed by atoms with E-state index in [2.05, 4.69) is 13.0 Å². The third kappa shape index (κ3) is 2.90. The van der Waals surface area contributed by atoms with Gasteiger partial charge < -0.3 is 9.94 Å². The zero-order valence-electron chi connectivity index (χ0n) is 16.9. The highest BCUT2D eigenvalue weighted by Gasteiger charge is 2.60. The molecule has 0 radical (unpaired) electrons. The van der Waals surface area contributed by atoms with Gasteiger partial charge in [0.05, 0.1) is 5.54 Å². The first kappa shape index (κ1) is 18.5. The van der Waals surface area contributed by atoms with E-state index in [1.807, 2.05) is 41.3 Å². The van der Waals surface area contributed by atoms with Gasteiger partial charge in [0.2, 0.25) is 0 Å². The summed E-state index contributed by atoms with van der Waals surface area (Å²) < 4.78 is 6.81. The van der Waals surface area contributed by atoms with Crippen LogP contribution in [0.2, 0.25) is 0 Å². The fourth-order valence-electron chi connectivity index (χ4n) is 6.39. The quantitative estimate of drug-likeness (QED) is 0.569. The van der Waals surface area contributed by atoms with Crippen molar-refractivity contribution in [3.8, 4) is 0 Å². The first-order chi connectivity index (χ1) is 14.1. The van der Waals surface area contributed by atoms with Crippen molar-refractivity contribution >= 4 is 6.09 Å². The van der Waals surface area contributed by atoms with Gasteiger partial charge in [-0.2, -0.15) is 4.73 Å². The minimum absolute atomic E-state index is 0.249. The monoisotopic (exact) mass is 392 g/mol. The summed E-state index contributed by atoms with van der Waals surface area (Å²) in [7, 11) is 0. The van der Waals surface area contributed by atoms with Crippen LogP contribution in [-0.2, 0) is 23.3 Å². The number of carbonyl (C=O) groups excluding carboxylic acids is 1. The van der Waals surface area contributed by atoms with Gasteiger partial charge in [0, 0.05) is 24.6 Å². The van der Waals surface area contributed by atoms with Crippen LogP contribution in [0.1, 0.15) is 49.4 Å². The molecule has 1 saturated heterocycles. The van der Waals surface area contributed by atoms with Crippen LogP contribution < -0.4 is 4.73 Å². The Labute approximate surface area is 171 Å². The van der Waals surface area contributed by atoms with Crippen LogP contribution >= 0.6 is 0 Å². The Balaban J connectivity index is 1.53. The molecule has 1 aromatic carbocycles. The van der Waals surface area contributed by atoms with Crippen LogP contribution in [-0.4, -0.2) is 17.5 Å². The molecule has 2 aromatic rings. The third-order valence-electron chi connectivity index (χ3n) is 7.33. The standard InChI is InChI=1S/C24H28N2O3/c1-17-13-19-14-22-21(10-6-12-26(22)28)24(15-17)20(19)9-5-11-25(24)23(27)29-16-18-7-3-2-4-8-18/h2-4,6-8,10,12,17,19-20H,5,9,11,13-16H2,1H3/t17-,19?,20-,24?/m1/s1. The van der Waals surface area contributed by atoms with Gasteiger partial charge >= 0.3 is 6.09 Å². The molecule has 2 unspecified atom stereocenters. The van der Waals surface area contributed by atoms with Crippen LogP contribution in [0.3, 0.4) is 0 Å². The number of piperidine rings is 1. The number of hydrogen-bond donors (Lipinski definition) is 0. The minimum Gasteiger partial charge on any atom is -0.618 e. The van der Waals surface area contributed by atoms with Crippen molar-refractivity contribution in [3.63, 3.8) is 0 Å². The van der Waals surface area contributed by atoms with Crippen LogP contribution in [0.4, 0.5) is 4.79 Å². The molecule has 1 amide bonds. The van der Waals surface area contributed by atoms with E-state index in [0.717, 1.165) is 53.7 Å². The molecule has 0 spiro atoms.